The second kappa shape index (κ2) is 8.27. The molecule has 0 unspecified atom stereocenters. The maximum absolute atomic E-state index is 13.4. The molecule has 2 aliphatic heterocycles. The van der Waals surface area contributed by atoms with Crippen LogP contribution >= 0.6 is 0 Å². The van der Waals surface area contributed by atoms with Crippen LogP contribution in [-0.2, 0) is 17.5 Å². The Labute approximate surface area is 193 Å². The summed E-state index contributed by atoms with van der Waals surface area (Å²) in [4.78, 5) is 32.5. The maximum Gasteiger partial charge on any atom is 0.471 e. The molecule has 5 rings (SSSR count). The molecular weight excluding hydrogens is 449 g/mol. The van der Waals surface area contributed by atoms with Crippen molar-refractivity contribution in [2.75, 3.05) is 13.1 Å². The van der Waals surface area contributed by atoms with Crippen molar-refractivity contribution < 1.29 is 27.3 Å². The first-order chi connectivity index (χ1) is 16.2. The van der Waals surface area contributed by atoms with Gasteiger partial charge in [0.15, 0.2) is 0 Å². The normalized spacial score (nSPS) is 20.5. The molecule has 176 valence electrons. The predicted octanol–water partition coefficient (Wildman–Crippen LogP) is 4.12. The Morgan fingerprint density at radius 1 is 1.15 bits per heavy atom. The molecule has 3 aromatic rings. The Morgan fingerprint density at radius 3 is 2.59 bits per heavy atom. The molecule has 2 amide bonds. The number of carbonyl (C=O) groups excluding carboxylic acids is 2. The van der Waals surface area contributed by atoms with E-state index >= 15 is 0 Å². The van der Waals surface area contributed by atoms with Gasteiger partial charge < -0.3 is 14.3 Å². The van der Waals surface area contributed by atoms with Crippen molar-refractivity contribution in [3.05, 3.63) is 71.1 Å². The molecule has 3 heterocycles. The van der Waals surface area contributed by atoms with Gasteiger partial charge >= 0.3 is 12.1 Å². The maximum atomic E-state index is 13.4. The highest BCUT2D eigenvalue weighted by Crippen LogP contribution is 2.37. The summed E-state index contributed by atoms with van der Waals surface area (Å²) in [7, 11) is 0. The van der Waals surface area contributed by atoms with Gasteiger partial charge in [0.2, 0.25) is 11.7 Å². The standard InChI is InChI=1S/C24H21F3N4O3/c1-14(32)30-10-9-20(19(13-30)15-5-3-2-4-6-15)31-12-17-8-7-16(11-18(17)22(31)33)21-28-23(34-29-21)24(25,26)27/h2-8,11,19-20H,9-10,12-13H2,1H3/t19-,20-/m0/s1. The molecule has 0 saturated carbocycles. The van der Waals surface area contributed by atoms with Gasteiger partial charge in [-0.25, -0.2) is 0 Å². The number of piperidine rings is 1. The summed E-state index contributed by atoms with van der Waals surface area (Å²) in [5.41, 5.74) is 2.53. The zero-order valence-corrected chi connectivity index (χ0v) is 18.2. The van der Waals surface area contributed by atoms with E-state index in [9.17, 15) is 22.8 Å². The average Bonchev–Trinajstić information content (AvgIpc) is 3.45. The summed E-state index contributed by atoms with van der Waals surface area (Å²) in [6, 6.07) is 14.5. The molecule has 2 aliphatic rings. The van der Waals surface area contributed by atoms with E-state index < -0.39 is 12.1 Å². The smallest absolute Gasteiger partial charge is 0.342 e. The van der Waals surface area contributed by atoms with E-state index in [-0.39, 0.29) is 35.2 Å². The summed E-state index contributed by atoms with van der Waals surface area (Å²) in [6.45, 7) is 3.00. The quantitative estimate of drug-likeness (QED) is 0.576. The van der Waals surface area contributed by atoms with Crippen LogP contribution in [0.3, 0.4) is 0 Å². The number of rotatable bonds is 3. The molecular formula is C24H21F3N4O3. The van der Waals surface area contributed by atoms with Crippen molar-refractivity contribution >= 4 is 11.8 Å². The third-order valence-corrected chi connectivity index (χ3v) is 6.52. The van der Waals surface area contributed by atoms with Crippen molar-refractivity contribution in [1.82, 2.24) is 19.9 Å². The fourth-order valence-corrected chi connectivity index (χ4v) is 4.81. The van der Waals surface area contributed by atoms with Crippen LogP contribution in [0.1, 0.15) is 46.6 Å². The van der Waals surface area contributed by atoms with Crippen molar-refractivity contribution in [3.63, 3.8) is 0 Å². The molecule has 1 aromatic heterocycles. The molecule has 0 spiro atoms. The van der Waals surface area contributed by atoms with E-state index in [0.29, 0.717) is 31.6 Å². The minimum absolute atomic E-state index is 0.00149. The Bertz CT molecular complexity index is 1240. The van der Waals surface area contributed by atoms with E-state index in [1.165, 1.54) is 6.07 Å². The van der Waals surface area contributed by atoms with Gasteiger partial charge in [-0.05, 0) is 23.6 Å². The number of carbonyl (C=O) groups is 2. The van der Waals surface area contributed by atoms with E-state index in [2.05, 4.69) is 14.7 Å². The van der Waals surface area contributed by atoms with Crippen molar-refractivity contribution in [3.8, 4) is 11.4 Å². The highest BCUT2D eigenvalue weighted by Gasteiger charge is 2.41. The topological polar surface area (TPSA) is 79.5 Å². The van der Waals surface area contributed by atoms with E-state index in [1.807, 2.05) is 30.3 Å². The molecule has 0 aliphatic carbocycles. The van der Waals surface area contributed by atoms with Crippen molar-refractivity contribution in [1.29, 1.82) is 0 Å². The fourth-order valence-electron chi connectivity index (χ4n) is 4.81. The number of benzene rings is 2. The number of aromatic nitrogens is 2. The molecule has 7 nitrogen and oxygen atoms in total. The van der Waals surface area contributed by atoms with Gasteiger partial charge in [-0.3, -0.25) is 9.59 Å². The zero-order valence-electron chi connectivity index (χ0n) is 18.2. The second-order valence-corrected chi connectivity index (χ2v) is 8.56. The number of halogens is 3. The first-order valence-electron chi connectivity index (χ1n) is 10.9. The number of fused-ring (bicyclic) bond motifs is 1. The monoisotopic (exact) mass is 470 g/mol. The zero-order chi connectivity index (χ0) is 24.0. The van der Waals surface area contributed by atoms with E-state index in [0.717, 1.165) is 11.1 Å². The minimum atomic E-state index is -4.74. The summed E-state index contributed by atoms with van der Waals surface area (Å²) in [5.74, 6) is -1.91. The lowest BCUT2D eigenvalue weighted by Gasteiger charge is -2.42. The second-order valence-electron chi connectivity index (χ2n) is 8.56. The van der Waals surface area contributed by atoms with Gasteiger partial charge in [0.25, 0.3) is 5.91 Å². The molecule has 2 atom stereocenters. The van der Waals surface area contributed by atoms with Gasteiger partial charge in [0.1, 0.15) is 0 Å². The van der Waals surface area contributed by atoms with Crippen LogP contribution in [-0.4, -0.2) is 50.9 Å². The van der Waals surface area contributed by atoms with Crippen LogP contribution in [0.2, 0.25) is 0 Å². The largest absolute Gasteiger partial charge is 0.471 e. The van der Waals surface area contributed by atoms with Crippen molar-refractivity contribution in [2.45, 2.75) is 38.0 Å². The van der Waals surface area contributed by atoms with Crippen LogP contribution in [0, 0.1) is 0 Å². The average molecular weight is 470 g/mol. The van der Waals surface area contributed by atoms with Crippen LogP contribution in [0.25, 0.3) is 11.4 Å². The first kappa shape index (κ1) is 22.1. The Balaban J connectivity index is 1.43. The summed E-state index contributed by atoms with van der Waals surface area (Å²) >= 11 is 0. The fraction of sp³-hybridized carbons (Fsp3) is 0.333. The molecule has 0 radical (unpaired) electrons. The van der Waals surface area contributed by atoms with E-state index in [4.69, 9.17) is 0 Å². The number of nitrogens with zero attached hydrogens (tertiary/aromatic N) is 4. The minimum Gasteiger partial charge on any atom is -0.342 e. The molecule has 0 N–H and O–H groups in total. The summed E-state index contributed by atoms with van der Waals surface area (Å²) in [5, 5.41) is 3.42. The van der Waals surface area contributed by atoms with Crippen LogP contribution < -0.4 is 0 Å². The molecule has 1 saturated heterocycles. The van der Waals surface area contributed by atoms with E-state index in [1.54, 1.807) is 28.9 Å². The van der Waals surface area contributed by atoms with Gasteiger partial charge in [0.05, 0.1) is 0 Å². The molecule has 1 fully saturated rings. The van der Waals surface area contributed by atoms with Crippen LogP contribution in [0.15, 0.2) is 53.1 Å². The first-order valence-corrected chi connectivity index (χ1v) is 10.9. The number of amides is 2. The Hall–Kier alpha value is -3.69. The lowest BCUT2D eigenvalue weighted by Crippen LogP contribution is -2.51. The molecule has 0 bridgehead atoms. The van der Waals surface area contributed by atoms with Gasteiger partial charge in [0, 0.05) is 49.6 Å². The molecule has 2 aromatic carbocycles. The van der Waals surface area contributed by atoms with Crippen molar-refractivity contribution in [2.24, 2.45) is 0 Å². The predicted molar refractivity (Wildman–Crippen MR) is 114 cm³/mol. The number of hydrogen-bond acceptors (Lipinski definition) is 5. The third kappa shape index (κ3) is 3.93. The summed E-state index contributed by atoms with van der Waals surface area (Å²) in [6.07, 6.45) is -4.11. The van der Waals surface area contributed by atoms with Gasteiger partial charge in [-0.2, -0.15) is 18.2 Å². The summed E-state index contributed by atoms with van der Waals surface area (Å²) < 4.78 is 42.8. The van der Waals surface area contributed by atoms with Gasteiger partial charge in [-0.15, -0.1) is 0 Å². The third-order valence-electron chi connectivity index (χ3n) is 6.52. The van der Waals surface area contributed by atoms with Crippen LogP contribution in [0.5, 0.6) is 0 Å². The Kier molecular flexibility index (Phi) is 5.38. The lowest BCUT2D eigenvalue weighted by molar-refractivity contribution is -0.159. The number of hydrogen-bond donors (Lipinski definition) is 0. The highest BCUT2D eigenvalue weighted by molar-refractivity contribution is 5.99. The Morgan fingerprint density at radius 2 is 1.91 bits per heavy atom. The SMILES string of the molecule is CC(=O)N1CC[C@H](N2Cc3ccc(-c4noc(C(F)(F)F)n4)cc3C2=O)[C@H](c2ccccc2)C1. The highest BCUT2D eigenvalue weighted by atomic mass is 19.4. The molecule has 10 heteroatoms. The molecule has 34 heavy (non-hydrogen) atoms. The lowest BCUT2D eigenvalue weighted by atomic mass is 9.85. The number of likely N-dealkylation sites (tertiary alicyclic amines) is 1. The van der Waals surface area contributed by atoms with Crippen LogP contribution in [0.4, 0.5) is 13.2 Å². The van der Waals surface area contributed by atoms with Gasteiger partial charge in [-0.1, -0.05) is 47.6 Å². The number of alkyl halides is 3.